The molecule has 2 fully saturated rings. The van der Waals surface area contributed by atoms with Crippen molar-refractivity contribution < 1.29 is 4.79 Å². The Morgan fingerprint density at radius 2 is 1.85 bits per heavy atom. The maximum Gasteiger partial charge on any atom is 0.220 e. The molecule has 0 saturated carbocycles. The average molecular weight is 358 g/mol. The molecule has 0 bridgehead atoms. The fourth-order valence-electron chi connectivity index (χ4n) is 4.45. The Labute approximate surface area is 158 Å². The summed E-state index contributed by atoms with van der Waals surface area (Å²) < 4.78 is 0. The van der Waals surface area contributed by atoms with Gasteiger partial charge in [0.25, 0.3) is 0 Å². The van der Waals surface area contributed by atoms with Gasteiger partial charge in [-0.1, -0.05) is 37.3 Å². The first kappa shape index (κ1) is 19.4. The van der Waals surface area contributed by atoms with Gasteiger partial charge in [0.1, 0.15) is 0 Å². The van der Waals surface area contributed by atoms with Crippen LogP contribution in [0.1, 0.15) is 50.5 Å². The van der Waals surface area contributed by atoms with Crippen LogP contribution in [0.4, 0.5) is 0 Å². The number of hydrogen-bond acceptors (Lipinski definition) is 3. The van der Waals surface area contributed by atoms with E-state index >= 15 is 0 Å². The molecule has 1 atom stereocenters. The van der Waals surface area contributed by atoms with Crippen molar-refractivity contribution in [2.24, 2.45) is 5.92 Å². The number of nitrogens with one attached hydrogen (secondary N) is 1. The highest BCUT2D eigenvalue weighted by atomic mass is 16.1. The minimum absolute atomic E-state index is 0.247. The van der Waals surface area contributed by atoms with Crippen LogP contribution in [-0.2, 0) is 4.79 Å². The van der Waals surface area contributed by atoms with E-state index in [1.165, 1.54) is 31.2 Å². The lowest BCUT2D eigenvalue weighted by molar-refractivity contribution is -0.122. The fraction of sp³-hybridized carbons (Fsp3) is 0.682. The molecule has 2 heterocycles. The second kappa shape index (κ2) is 10.1. The summed E-state index contributed by atoms with van der Waals surface area (Å²) in [5.74, 6) is 1.47. The number of nitrogens with zero attached hydrogens (tertiary/aromatic N) is 2. The Morgan fingerprint density at radius 1 is 1.08 bits per heavy atom. The molecule has 0 aromatic heterocycles. The van der Waals surface area contributed by atoms with Crippen LogP contribution in [0.3, 0.4) is 0 Å². The number of rotatable bonds is 7. The van der Waals surface area contributed by atoms with Crippen LogP contribution in [0.15, 0.2) is 30.3 Å². The topological polar surface area (TPSA) is 35.6 Å². The molecule has 1 aromatic rings. The zero-order valence-electron chi connectivity index (χ0n) is 16.3. The van der Waals surface area contributed by atoms with Gasteiger partial charge in [-0.2, -0.15) is 0 Å². The summed E-state index contributed by atoms with van der Waals surface area (Å²) in [6.45, 7) is 9.71. The highest BCUT2D eigenvalue weighted by molar-refractivity contribution is 5.76. The van der Waals surface area contributed by atoms with Gasteiger partial charge in [-0.05, 0) is 69.3 Å². The number of amides is 1. The molecule has 2 aliphatic heterocycles. The van der Waals surface area contributed by atoms with Crippen LogP contribution in [0.25, 0.3) is 0 Å². The Balaban J connectivity index is 1.33. The van der Waals surface area contributed by atoms with Crippen LogP contribution in [0.2, 0.25) is 0 Å². The molecule has 1 amide bonds. The normalized spacial score (nSPS) is 23.0. The van der Waals surface area contributed by atoms with Gasteiger partial charge >= 0.3 is 0 Å². The largest absolute Gasteiger partial charge is 0.355 e. The van der Waals surface area contributed by atoms with Gasteiger partial charge in [-0.25, -0.2) is 0 Å². The number of piperidine rings is 2. The third kappa shape index (κ3) is 5.82. The van der Waals surface area contributed by atoms with E-state index in [0.29, 0.717) is 18.3 Å². The van der Waals surface area contributed by atoms with E-state index in [4.69, 9.17) is 0 Å². The number of hydrogen-bond donors (Lipinski definition) is 1. The Bertz CT molecular complexity index is 540. The summed E-state index contributed by atoms with van der Waals surface area (Å²) in [5, 5.41) is 3.16. The van der Waals surface area contributed by atoms with E-state index in [0.717, 1.165) is 45.8 Å². The summed E-state index contributed by atoms with van der Waals surface area (Å²) in [6, 6.07) is 10.9. The van der Waals surface area contributed by atoms with Crippen molar-refractivity contribution in [3.8, 4) is 0 Å². The van der Waals surface area contributed by atoms with Gasteiger partial charge in [0, 0.05) is 26.1 Å². The predicted molar refractivity (Wildman–Crippen MR) is 107 cm³/mol. The smallest absolute Gasteiger partial charge is 0.220 e. The van der Waals surface area contributed by atoms with Crippen LogP contribution >= 0.6 is 0 Å². The minimum atomic E-state index is 0.247. The quantitative estimate of drug-likeness (QED) is 0.814. The lowest BCUT2D eigenvalue weighted by Crippen LogP contribution is -2.41. The van der Waals surface area contributed by atoms with Crippen molar-refractivity contribution in [2.75, 3.05) is 45.8 Å². The maximum atomic E-state index is 12.2. The molecule has 0 spiro atoms. The lowest BCUT2D eigenvalue weighted by Gasteiger charge is -2.33. The maximum absolute atomic E-state index is 12.2. The van der Waals surface area contributed by atoms with Crippen molar-refractivity contribution in [2.45, 2.75) is 44.9 Å². The third-order valence-electron chi connectivity index (χ3n) is 6.16. The standard InChI is InChI=1S/C22H35N3O/c1-2-24-14-10-19(11-15-24)17-22(26)23-12-16-25-13-6-9-21(18-25)20-7-4-3-5-8-20/h3-5,7-8,19,21H,2,6,9-18H2,1H3,(H,23,26). The molecule has 1 unspecified atom stereocenters. The van der Waals surface area contributed by atoms with Crippen molar-refractivity contribution >= 4 is 5.91 Å². The van der Waals surface area contributed by atoms with Crippen molar-refractivity contribution in [1.29, 1.82) is 0 Å². The molecular weight excluding hydrogens is 322 g/mol. The van der Waals surface area contributed by atoms with Crippen LogP contribution < -0.4 is 5.32 Å². The van der Waals surface area contributed by atoms with Crippen LogP contribution in [0.5, 0.6) is 0 Å². The molecular formula is C22H35N3O. The van der Waals surface area contributed by atoms with Gasteiger partial charge < -0.3 is 15.1 Å². The van der Waals surface area contributed by atoms with E-state index in [9.17, 15) is 4.79 Å². The first-order chi connectivity index (χ1) is 12.7. The molecule has 2 aliphatic rings. The van der Waals surface area contributed by atoms with Crippen LogP contribution in [-0.4, -0.2) is 61.5 Å². The molecule has 0 radical (unpaired) electrons. The first-order valence-electron chi connectivity index (χ1n) is 10.5. The highest BCUT2D eigenvalue weighted by Crippen LogP contribution is 2.26. The number of carbonyl (C=O) groups excluding carboxylic acids is 1. The fourth-order valence-corrected chi connectivity index (χ4v) is 4.45. The van der Waals surface area contributed by atoms with Gasteiger partial charge in [0.05, 0.1) is 0 Å². The van der Waals surface area contributed by atoms with E-state index in [1.807, 2.05) is 0 Å². The summed E-state index contributed by atoms with van der Waals surface area (Å²) in [4.78, 5) is 17.2. The Kier molecular flexibility index (Phi) is 7.51. The molecule has 0 aliphatic carbocycles. The van der Waals surface area contributed by atoms with E-state index in [1.54, 1.807) is 0 Å². The average Bonchev–Trinajstić information content (AvgIpc) is 2.69. The Morgan fingerprint density at radius 3 is 2.58 bits per heavy atom. The van der Waals surface area contributed by atoms with Crippen molar-refractivity contribution in [1.82, 2.24) is 15.1 Å². The summed E-state index contributed by atoms with van der Waals surface area (Å²) in [7, 11) is 0. The highest BCUT2D eigenvalue weighted by Gasteiger charge is 2.22. The van der Waals surface area contributed by atoms with E-state index in [-0.39, 0.29) is 5.91 Å². The van der Waals surface area contributed by atoms with Gasteiger partial charge in [-0.3, -0.25) is 4.79 Å². The van der Waals surface area contributed by atoms with Gasteiger partial charge in [0.15, 0.2) is 0 Å². The molecule has 4 nitrogen and oxygen atoms in total. The zero-order chi connectivity index (χ0) is 18.2. The van der Waals surface area contributed by atoms with Crippen molar-refractivity contribution in [3.05, 3.63) is 35.9 Å². The molecule has 2 saturated heterocycles. The molecule has 26 heavy (non-hydrogen) atoms. The second-order valence-electron chi connectivity index (χ2n) is 7.98. The molecule has 1 N–H and O–H groups in total. The predicted octanol–water partition coefficient (Wildman–Crippen LogP) is 3.10. The SMILES string of the molecule is CCN1CCC(CC(=O)NCCN2CCCC(c3ccccc3)C2)CC1. The summed E-state index contributed by atoms with van der Waals surface area (Å²) in [6.07, 6.45) is 5.59. The Hall–Kier alpha value is -1.39. The molecule has 3 rings (SSSR count). The number of likely N-dealkylation sites (tertiary alicyclic amines) is 2. The number of carbonyl (C=O) groups is 1. The third-order valence-corrected chi connectivity index (χ3v) is 6.16. The van der Waals surface area contributed by atoms with E-state index in [2.05, 4.69) is 52.4 Å². The second-order valence-corrected chi connectivity index (χ2v) is 7.98. The molecule has 1 aromatic carbocycles. The van der Waals surface area contributed by atoms with Crippen molar-refractivity contribution in [3.63, 3.8) is 0 Å². The first-order valence-corrected chi connectivity index (χ1v) is 10.5. The summed E-state index contributed by atoms with van der Waals surface area (Å²) in [5.41, 5.74) is 1.46. The minimum Gasteiger partial charge on any atom is -0.355 e. The van der Waals surface area contributed by atoms with E-state index < -0.39 is 0 Å². The summed E-state index contributed by atoms with van der Waals surface area (Å²) >= 11 is 0. The number of benzene rings is 1. The van der Waals surface area contributed by atoms with Crippen LogP contribution in [0, 0.1) is 5.92 Å². The zero-order valence-corrected chi connectivity index (χ0v) is 16.3. The lowest BCUT2D eigenvalue weighted by atomic mass is 9.91. The van der Waals surface area contributed by atoms with Gasteiger partial charge in [-0.15, -0.1) is 0 Å². The van der Waals surface area contributed by atoms with Gasteiger partial charge in [0.2, 0.25) is 5.91 Å². The molecule has 144 valence electrons. The molecule has 4 heteroatoms. The monoisotopic (exact) mass is 357 g/mol.